The molecule has 0 radical (unpaired) electrons. The van der Waals surface area contributed by atoms with Crippen LogP contribution in [0.4, 0.5) is 0 Å². The van der Waals surface area contributed by atoms with Gasteiger partial charge in [-0.15, -0.1) is 0 Å². The number of hydrogen-bond donors (Lipinski definition) is 0. The van der Waals surface area contributed by atoms with Crippen molar-refractivity contribution in [1.82, 2.24) is 0 Å². The highest BCUT2D eigenvalue weighted by Crippen LogP contribution is 2.40. The Kier molecular flexibility index (Phi) is 3.32. The molecule has 1 nitrogen and oxygen atoms in total. The van der Waals surface area contributed by atoms with E-state index >= 15 is 0 Å². The molecular formula is C8H3Cl4N. The van der Waals surface area contributed by atoms with Crippen LogP contribution in [-0.4, -0.2) is 0 Å². The van der Waals surface area contributed by atoms with Gasteiger partial charge >= 0.3 is 0 Å². The Morgan fingerprint density at radius 3 is 2.31 bits per heavy atom. The highest BCUT2D eigenvalue weighted by Gasteiger charge is 2.26. The first-order valence-corrected chi connectivity index (χ1v) is 4.73. The molecule has 0 fully saturated rings. The van der Waals surface area contributed by atoms with Crippen LogP contribution in [0, 0.1) is 11.3 Å². The third-order valence-corrected chi connectivity index (χ3v) is 2.25. The van der Waals surface area contributed by atoms with Gasteiger partial charge in [0, 0.05) is 10.6 Å². The Labute approximate surface area is 95.8 Å². The Morgan fingerprint density at radius 1 is 1.23 bits per heavy atom. The molecule has 13 heavy (non-hydrogen) atoms. The smallest absolute Gasteiger partial charge is 0.192 e. The van der Waals surface area contributed by atoms with Crippen molar-refractivity contribution >= 4 is 46.4 Å². The first-order valence-electron chi connectivity index (χ1n) is 3.22. The van der Waals surface area contributed by atoms with Crippen molar-refractivity contribution in [2.45, 2.75) is 3.79 Å². The molecule has 1 aromatic carbocycles. The largest absolute Gasteiger partial charge is 0.217 e. The predicted molar refractivity (Wildman–Crippen MR) is 55.4 cm³/mol. The average molecular weight is 255 g/mol. The molecule has 1 aromatic rings. The van der Waals surface area contributed by atoms with E-state index < -0.39 is 3.79 Å². The van der Waals surface area contributed by atoms with Gasteiger partial charge in [0.1, 0.15) is 0 Å². The van der Waals surface area contributed by atoms with Crippen LogP contribution in [0.1, 0.15) is 11.1 Å². The fraction of sp³-hybridized carbons (Fsp3) is 0.125. The summed E-state index contributed by atoms with van der Waals surface area (Å²) in [7, 11) is 0. The monoisotopic (exact) mass is 253 g/mol. The zero-order valence-corrected chi connectivity index (χ0v) is 9.21. The molecule has 5 heteroatoms. The molecule has 0 heterocycles. The minimum Gasteiger partial charge on any atom is -0.192 e. The van der Waals surface area contributed by atoms with Gasteiger partial charge in [-0.2, -0.15) is 5.26 Å². The maximum atomic E-state index is 8.72. The molecule has 1 rings (SSSR count). The lowest BCUT2D eigenvalue weighted by atomic mass is 10.1. The van der Waals surface area contributed by atoms with E-state index in [9.17, 15) is 0 Å². The van der Waals surface area contributed by atoms with E-state index in [1.165, 1.54) is 12.1 Å². The first kappa shape index (κ1) is 10.9. The van der Waals surface area contributed by atoms with E-state index in [-0.39, 0.29) is 5.56 Å². The highest BCUT2D eigenvalue weighted by atomic mass is 35.6. The Hall–Kier alpha value is -0.130. The highest BCUT2D eigenvalue weighted by molar-refractivity contribution is 6.66. The summed E-state index contributed by atoms with van der Waals surface area (Å²) in [4.78, 5) is 0. The van der Waals surface area contributed by atoms with Crippen LogP contribution < -0.4 is 0 Å². The topological polar surface area (TPSA) is 23.8 Å². The van der Waals surface area contributed by atoms with Crippen LogP contribution in [0.25, 0.3) is 0 Å². The molecule has 68 valence electrons. The summed E-state index contributed by atoms with van der Waals surface area (Å²) in [6, 6.07) is 6.45. The van der Waals surface area contributed by atoms with Crippen molar-refractivity contribution < 1.29 is 0 Å². The standard InChI is InChI=1S/C8H3Cl4N/c9-6-1-2-7(8(10,11)12)5(3-6)4-13/h1-3H. The summed E-state index contributed by atoms with van der Waals surface area (Å²) in [6.07, 6.45) is 0. The number of hydrogen-bond acceptors (Lipinski definition) is 1. The third-order valence-electron chi connectivity index (χ3n) is 1.41. The fourth-order valence-electron chi connectivity index (χ4n) is 0.856. The molecule has 0 unspecified atom stereocenters. The predicted octanol–water partition coefficient (Wildman–Crippen LogP) is 4.04. The van der Waals surface area contributed by atoms with E-state index in [0.717, 1.165) is 0 Å². The zero-order chi connectivity index (χ0) is 10.1. The molecule has 0 aliphatic heterocycles. The Bertz CT molecular complexity index is 361. The van der Waals surface area contributed by atoms with Gasteiger partial charge in [0.05, 0.1) is 11.6 Å². The van der Waals surface area contributed by atoms with Crippen molar-refractivity contribution in [2.24, 2.45) is 0 Å². The molecule has 0 aromatic heterocycles. The van der Waals surface area contributed by atoms with Crippen molar-refractivity contribution in [2.75, 3.05) is 0 Å². The van der Waals surface area contributed by atoms with E-state index in [1.54, 1.807) is 6.07 Å². The van der Waals surface area contributed by atoms with Crippen LogP contribution in [0.5, 0.6) is 0 Å². The van der Waals surface area contributed by atoms with Crippen LogP contribution >= 0.6 is 46.4 Å². The van der Waals surface area contributed by atoms with Gasteiger partial charge in [-0.25, -0.2) is 0 Å². The lowest BCUT2D eigenvalue weighted by Gasteiger charge is -2.12. The van der Waals surface area contributed by atoms with Crippen LogP contribution in [0.15, 0.2) is 18.2 Å². The summed E-state index contributed by atoms with van der Waals surface area (Å²) in [5, 5.41) is 9.16. The van der Waals surface area contributed by atoms with Gasteiger partial charge in [0.25, 0.3) is 0 Å². The second kappa shape index (κ2) is 3.94. The molecule has 0 atom stereocenters. The van der Waals surface area contributed by atoms with Crippen LogP contribution in [0.3, 0.4) is 0 Å². The molecule has 0 bridgehead atoms. The van der Waals surface area contributed by atoms with E-state index in [0.29, 0.717) is 10.6 Å². The minimum absolute atomic E-state index is 0.271. The van der Waals surface area contributed by atoms with Crippen molar-refractivity contribution in [3.63, 3.8) is 0 Å². The molecule has 0 saturated carbocycles. The second-order valence-corrected chi connectivity index (χ2v) is 5.02. The maximum Gasteiger partial charge on any atom is 0.217 e. The van der Waals surface area contributed by atoms with Gasteiger partial charge in [-0.05, 0) is 12.1 Å². The quantitative estimate of drug-likeness (QED) is 0.641. The van der Waals surface area contributed by atoms with Crippen molar-refractivity contribution in [1.29, 1.82) is 5.26 Å². The number of nitrogens with zero attached hydrogens (tertiary/aromatic N) is 1. The zero-order valence-electron chi connectivity index (χ0n) is 6.19. The van der Waals surface area contributed by atoms with Gasteiger partial charge in [0.15, 0.2) is 0 Å². The summed E-state index contributed by atoms with van der Waals surface area (Å²) in [5.74, 6) is 0. The summed E-state index contributed by atoms with van der Waals surface area (Å²) >= 11 is 22.6. The lowest BCUT2D eigenvalue weighted by Crippen LogP contribution is -2.02. The summed E-state index contributed by atoms with van der Waals surface area (Å²) in [6.45, 7) is 0. The average Bonchev–Trinajstić information content (AvgIpc) is 2.01. The normalized spacial score (nSPS) is 11.0. The number of rotatable bonds is 0. The summed E-state index contributed by atoms with van der Waals surface area (Å²) in [5.41, 5.74) is 0.608. The number of alkyl halides is 3. The SMILES string of the molecule is N#Cc1cc(Cl)ccc1C(Cl)(Cl)Cl. The second-order valence-electron chi connectivity index (χ2n) is 2.30. The third kappa shape index (κ3) is 2.65. The van der Waals surface area contributed by atoms with E-state index in [2.05, 4.69) is 0 Å². The van der Waals surface area contributed by atoms with Gasteiger partial charge in [0.2, 0.25) is 3.79 Å². The lowest BCUT2D eigenvalue weighted by molar-refractivity contribution is 1.22. The van der Waals surface area contributed by atoms with Gasteiger partial charge in [-0.3, -0.25) is 0 Å². The van der Waals surface area contributed by atoms with E-state index in [4.69, 9.17) is 51.7 Å². The molecule has 0 N–H and O–H groups in total. The fourth-order valence-corrected chi connectivity index (χ4v) is 1.52. The Morgan fingerprint density at radius 2 is 1.85 bits per heavy atom. The van der Waals surface area contributed by atoms with Crippen molar-refractivity contribution in [3.05, 3.63) is 34.3 Å². The van der Waals surface area contributed by atoms with Gasteiger partial charge in [-0.1, -0.05) is 52.5 Å². The molecule has 0 spiro atoms. The summed E-state index contributed by atoms with van der Waals surface area (Å²) < 4.78 is -1.59. The molecule has 0 aliphatic carbocycles. The van der Waals surface area contributed by atoms with Crippen molar-refractivity contribution in [3.8, 4) is 6.07 Å². The van der Waals surface area contributed by atoms with Crippen LogP contribution in [0.2, 0.25) is 5.02 Å². The molecule has 0 amide bonds. The number of benzene rings is 1. The molecule has 0 saturated heterocycles. The van der Waals surface area contributed by atoms with Crippen LogP contribution in [-0.2, 0) is 3.79 Å². The maximum absolute atomic E-state index is 8.72. The molecular weight excluding hydrogens is 252 g/mol. The van der Waals surface area contributed by atoms with Gasteiger partial charge < -0.3 is 0 Å². The van der Waals surface area contributed by atoms with E-state index in [1.807, 2.05) is 6.07 Å². The minimum atomic E-state index is -1.59. The molecule has 0 aliphatic rings. The number of halogens is 4. The first-order chi connectivity index (χ1) is 5.95. The Balaban J connectivity index is 3.32. The number of nitriles is 1.